The van der Waals surface area contributed by atoms with Gasteiger partial charge in [0.1, 0.15) is 22.8 Å². The first kappa shape index (κ1) is 21.9. The van der Waals surface area contributed by atoms with Crippen molar-refractivity contribution in [2.24, 2.45) is 4.99 Å². The summed E-state index contributed by atoms with van der Waals surface area (Å²) in [6, 6.07) is 15.9. The normalized spacial score (nSPS) is 11.0. The van der Waals surface area contributed by atoms with E-state index in [1.165, 1.54) is 0 Å². The SMILES string of the molecule is CN=C(NCCc1cc2ccccc2o1)NCc1ccc(OC)cc1OC.I. The van der Waals surface area contributed by atoms with Crippen molar-refractivity contribution < 1.29 is 13.9 Å². The molecule has 0 aliphatic rings. The minimum absolute atomic E-state index is 0. The number of fused-ring (bicyclic) bond motifs is 1. The molecular formula is C21H26IN3O3. The van der Waals surface area contributed by atoms with E-state index in [2.05, 4.69) is 27.8 Å². The molecule has 150 valence electrons. The van der Waals surface area contributed by atoms with Gasteiger partial charge in [-0.15, -0.1) is 24.0 Å². The minimum Gasteiger partial charge on any atom is -0.497 e. The lowest BCUT2D eigenvalue weighted by atomic mass is 10.2. The first-order valence-corrected chi connectivity index (χ1v) is 8.86. The second kappa shape index (κ2) is 10.8. The number of nitrogens with one attached hydrogen (secondary N) is 2. The van der Waals surface area contributed by atoms with Gasteiger partial charge in [0.05, 0.1) is 14.2 Å². The molecule has 1 heterocycles. The van der Waals surface area contributed by atoms with Gasteiger partial charge in [0.2, 0.25) is 0 Å². The molecule has 6 nitrogen and oxygen atoms in total. The predicted octanol–water partition coefficient (Wildman–Crippen LogP) is 3.98. The highest BCUT2D eigenvalue weighted by atomic mass is 127. The third kappa shape index (κ3) is 5.54. The standard InChI is InChI=1S/C21H25N3O3.HI/c1-22-21(24-14-16-8-9-17(25-2)13-20(16)26-3)23-11-10-18-12-15-6-4-5-7-19(15)27-18;/h4-9,12-13H,10-11,14H2,1-3H3,(H2,22,23,24);1H. The highest BCUT2D eigenvalue weighted by Gasteiger charge is 2.07. The zero-order chi connectivity index (χ0) is 19.1. The van der Waals surface area contributed by atoms with Gasteiger partial charge in [0.25, 0.3) is 0 Å². The van der Waals surface area contributed by atoms with E-state index in [1.807, 2.05) is 36.4 Å². The van der Waals surface area contributed by atoms with Gasteiger partial charge in [-0.3, -0.25) is 4.99 Å². The summed E-state index contributed by atoms with van der Waals surface area (Å²) < 4.78 is 16.5. The number of guanidine groups is 1. The van der Waals surface area contributed by atoms with Gasteiger partial charge in [-0.05, 0) is 24.3 Å². The summed E-state index contributed by atoms with van der Waals surface area (Å²) in [5, 5.41) is 7.73. The summed E-state index contributed by atoms with van der Waals surface area (Å²) in [6.45, 7) is 1.32. The molecule has 0 atom stereocenters. The Kier molecular flexibility index (Phi) is 8.43. The number of halogens is 1. The van der Waals surface area contributed by atoms with E-state index < -0.39 is 0 Å². The number of furan rings is 1. The molecule has 3 rings (SSSR count). The molecule has 0 radical (unpaired) electrons. The third-order valence-electron chi connectivity index (χ3n) is 4.30. The number of hydrogen-bond donors (Lipinski definition) is 2. The smallest absolute Gasteiger partial charge is 0.191 e. The van der Waals surface area contributed by atoms with E-state index >= 15 is 0 Å². The molecule has 2 N–H and O–H groups in total. The van der Waals surface area contributed by atoms with Crippen LogP contribution in [0, 0.1) is 0 Å². The average Bonchev–Trinajstić information content (AvgIpc) is 3.13. The maximum atomic E-state index is 5.84. The van der Waals surface area contributed by atoms with Crippen LogP contribution in [0.25, 0.3) is 11.0 Å². The molecule has 0 aliphatic carbocycles. The van der Waals surface area contributed by atoms with Crippen LogP contribution < -0.4 is 20.1 Å². The summed E-state index contributed by atoms with van der Waals surface area (Å²) in [5.41, 5.74) is 1.94. The molecule has 0 aliphatic heterocycles. The van der Waals surface area contributed by atoms with Gasteiger partial charge < -0.3 is 24.5 Å². The Morgan fingerprint density at radius 1 is 1.04 bits per heavy atom. The Hall–Kier alpha value is -2.42. The van der Waals surface area contributed by atoms with Crippen molar-refractivity contribution in [2.45, 2.75) is 13.0 Å². The summed E-state index contributed by atoms with van der Waals surface area (Å²) in [6.07, 6.45) is 0.779. The summed E-state index contributed by atoms with van der Waals surface area (Å²) in [5.74, 6) is 3.23. The molecular weight excluding hydrogens is 469 g/mol. The Morgan fingerprint density at radius 2 is 1.86 bits per heavy atom. The number of ether oxygens (including phenoxy) is 2. The fourth-order valence-corrected chi connectivity index (χ4v) is 2.86. The van der Waals surface area contributed by atoms with Crippen molar-refractivity contribution in [3.63, 3.8) is 0 Å². The van der Waals surface area contributed by atoms with Gasteiger partial charge >= 0.3 is 0 Å². The van der Waals surface area contributed by atoms with Crippen molar-refractivity contribution >= 4 is 40.9 Å². The number of methoxy groups -OCH3 is 2. The second-order valence-electron chi connectivity index (χ2n) is 6.03. The predicted molar refractivity (Wildman–Crippen MR) is 123 cm³/mol. The van der Waals surface area contributed by atoms with Crippen LogP contribution in [0.2, 0.25) is 0 Å². The molecule has 0 fully saturated rings. The number of rotatable bonds is 7. The maximum Gasteiger partial charge on any atom is 0.191 e. The summed E-state index contributed by atoms with van der Waals surface area (Å²) >= 11 is 0. The number of para-hydroxylation sites is 1. The number of hydrogen-bond acceptors (Lipinski definition) is 4. The van der Waals surface area contributed by atoms with Crippen LogP contribution in [0.4, 0.5) is 0 Å². The molecule has 0 bridgehead atoms. The van der Waals surface area contributed by atoms with Gasteiger partial charge in [-0.1, -0.05) is 18.2 Å². The lowest BCUT2D eigenvalue weighted by Gasteiger charge is -2.14. The van der Waals surface area contributed by atoms with Gasteiger partial charge in [-0.2, -0.15) is 0 Å². The van der Waals surface area contributed by atoms with Crippen molar-refractivity contribution in [2.75, 3.05) is 27.8 Å². The molecule has 7 heteroatoms. The summed E-state index contributed by atoms with van der Waals surface area (Å²) in [4.78, 5) is 4.26. The second-order valence-corrected chi connectivity index (χ2v) is 6.03. The third-order valence-corrected chi connectivity index (χ3v) is 4.30. The van der Waals surface area contributed by atoms with E-state index in [9.17, 15) is 0 Å². The lowest BCUT2D eigenvalue weighted by Crippen LogP contribution is -2.37. The van der Waals surface area contributed by atoms with E-state index in [0.717, 1.165) is 52.7 Å². The van der Waals surface area contributed by atoms with Crippen LogP contribution in [0.15, 0.2) is 57.9 Å². The zero-order valence-corrected chi connectivity index (χ0v) is 18.7. The lowest BCUT2D eigenvalue weighted by molar-refractivity contribution is 0.390. The molecule has 0 saturated carbocycles. The van der Waals surface area contributed by atoms with Crippen LogP contribution in [-0.2, 0) is 13.0 Å². The minimum atomic E-state index is 0. The van der Waals surface area contributed by atoms with Crippen LogP contribution in [-0.4, -0.2) is 33.8 Å². The number of aliphatic imine (C=N–C) groups is 1. The number of benzene rings is 2. The monoisotopic (exact) mass is 495 g/mol. The Labute approximate surface area is 182 Å². The van der Waals surface area contributed by atoms with Crippen LogP contribution in [0.5, 0.6) is 11.5 Å². The van der Waals surface area contributed by atoms with Crippen LogP contribution in [0.3, 0.4) is 0 Å². The van der Waals surface area contributed by atoms with E-state index in [1.54, 1.807) is 21.3 Å². The first-order valence-electron chi connectivity index (χ1n) is 8.86. The van der Waals surface area contributed by atoms with Crippen LogP contribution in [0.1, 0.15) is 11.3 Å². The topological polar surface area (TPSA) is 68.0 Å². The van der Waals surface area contributed by atoms with E-state index in [0.29, 0.717) is 6.54 Å². The van der Waals surface area contributed by atoms with Crippen molar-refractivity contribution in [1.82, 2.24) is 10.6 Å². The molecule has 2 aromatic carbocycles. The van der Waals surface area contributed by atoms with E-state index in [4.69, 9.17) is 13.9 Å². The molecule has 28 heavy (non-hydrogen) atoms. The van der Waals surface area contributed by atoms with Crippen molar-refractivity contribution in [3.05, 3.63) is 59.9 Å². The number of nitrogens with zero attached hydrogens (tertiary/aromatic N) is 1. The average molecular weight is 495 g/mol. The van der Waals surface area contributed by atoms with Gasteiger partial charge in [-0.25, -0.2) is 0 Å². The molecule has 0 amide bonds. The fraction of sp³-hybridized carbons (Fsp3) is 0.286. The highest BCUT2D eigenvalue weighted by Crippen LogP contribution is 2.24. The van der Waals surface area contributed by atoms with Gasteiger partial charge in [0.15, 0.2) is 5.96 Å². The molecule has 0 saturated heterocycles. The highest BCUT2D eigenvalue weighted by molar-refractivity contribution is 14.0. The van der Waals surface area contributed by atoms with Crippen molar-refractivity contribution in [1.29, 1.82) is 0 Å². The molecule has 0 unspecified atom stereocenters. The first-order chi connectivity index (χ1) is 13.2. The van der Waals surface area contributed by atoms with Crippen LogP contribution >= 0.6 is 24.0 Å². The fourth-order valence-electron chi connectivity index (χ4n) is 2.86. The quantitative estimate of drug-likeness (QED) is 0.295. The largest absolute Gasteiger partial charge is 0.497 e. The van der Waals surface area contributed by atoms with E-state index in [-0.39, 0.29) is 24.0 Å². The van der Waals surface area contributed by atoms with Gasteiger partial charge in [0, 0.05) is 43.6 Å². The maximum absolute atomic E-state index is 5.84. The van der Waals surface area contributed by atoms with Crippen molar-refractivity contribution in [3.8, 4) is 11.5 Å². The Balaban J connectivity index is 0.00000280. The summed E-state index contributed by atoms with van der Waals surface area (Å²) in [7, 11) is 5.04. The Morgan fingerprint density at radius 3 is 2.57 bits per heavy atom. The molecule has 0 spiro atoms. The zero-order valence-electron chi connectivity index (χ0n) is 16.3. The molecule has 3 aromatic rings. The molecule has 1 aromatic heterocycles. The Bertz CT molecular complexity index is 891.